The van der Waals surface area contributed by atoms with Crippen LogP contribution in [0.25, 0.3) is 163 Å². The van der Waals surface area contributed by atoms with Crippen LogP contribution in [0.2, 0.25) is 0 Å². The van der Waals surface area contributed by atoms with Crippen molar-refractivity contribution in [3.05, 3.63) is 253 Å². The molecule has 18 rings (SSSR count). The van der Waals surface area contributed by atoms with Crippen molar-refractivity contribution in [2.75, 3.05) is 0 Å². The predicted molar refractivity (Wildman–Crippen MR) is 348 cm³/mol. The molecule has 0 saturated carbocycles. The van der Waals surface area contributed by atoms with Gasteiger partial charge in [-0.25, -0.2) is 0 Å². The minimum Gasteiger partial charge on any atom is -0.454 e. The summed E-state index contributed by atoms with van der Waals surface area (Å²) < 4.78 is 18.7. The molecule has 12 aromatic carbocycles. The van der Waals surface area contributed by atoms with E-state index in [9.17, 15) is 10.5 Å². The zero-order valence-corrected chi connectivity index (χ0v) is 46.3. The largest absolute Gasteiger partial charge is 0.454 e. The molecule has 390 valence electrons. The summed E-state index contributed by atoms with van der Waals surface area (Å²) in [6.07, 6.45) is 0. The van der Waals surface area contributed by atoms with Crippen LogP contribution in [-0.2, 0) is 0 Å². The molecule has 0 atom stereocenters. The summed E-state index contributed by atoms with van der Waals surface area (Å²) in [7, 11) is 0. The van der Waals surface area contributed by atoms with Crippen LogP contribution < -0.4 is 0 Å². The third-order valence-electron chi connectivity index (χ3n) is 17.9. The van der Waals surface area contributed by atoms with Gasteiger partial charge in [-0.1, -0.05) is 164 Å². The molecule has 0 aliphatic heterocycles. The van der Waals surface area contributed by atoms with E-state index in [1.54, 1.807) is 11.3 Å². The fourth-order valence-electron chi connectivity index (χ4n) is 14.2. The molecule has 8 heteroatoms. The summed E-state index contributed by atoms with van der Waals surface area (Å²) in [6, 6.07) is 87.6. The molecule has 0 aliphatic carbocycles. The molecule has 0 N–H and O–H groups in total. The Labute approximate surface area is 483 Å². The molecular weight excluding hydrogens is 1040 g/mol. The second-order valence-corrected chi connectivity index (χ2v) is 23.3. The molecule has 0 aliphatic rings. The molecule has 0 fully saturated rings. The van der Waals surface area contributed by atoms with E-state index < -0.39 is 0 Å². The number of furan rings is 1. The van der Waals surface area contributed by atoms with Gasteiger partial charge in [-0.3, -0.25) is 0 Å². The molecule has 84 heavy (non-hydrogen) atoms. The van der Waals surface area contributed by atoms with Crippen molar-refractivity contribution < 1.29 is 4.42 Å². The lowest BCUT2D eigenvalue weighted by molar-refractivity contribution is 0.671. The van der Waals surface area contributed by atoms with Gasteiger partial charge in [-0.2, -0.15) is 10.5 Å². The van der Waals surface area contributed by atoms with E-state index in [4.69, 9.17) is 4.42 Å². The van der Waals surface area contributed by atoms with Gasteiger partial charge in [-0.05, 0) is 103 Å². The predicted octanol–water partition coefficient (Wildman–Crippen LogP) is 20.4. The van der Waals surface area contributed by atoms with Crippen molar-refractivity contribution in [1.29, 1.82) is 10.5 Å². The third kappa shape index (κ3) is 6.11. The number of aryl methyl sites for hydroxylation is 2. The third-order valence-corrected chi connectivity index (χ3v) is 19.1. The average Bonchev–Trinajstić information content (AvgIpc) is 1.69. The molecule has 0 spiro atoms. The maximum atomic E-state index is 13.0. The van der Waals surface area contributed by atoms with E-state index in [-0.39, 0.29) is 0 Å². The van der Waals surface area contributed by atoms with E-state index in [1.165, 1.54) is 0 Å². The summed E-state index contributed by atoms with van der Waals surface area (Å²) in [5.41, 5.74) is 16.2. The second-order valence-electron chi connectivity index (χ2n) is 22.2. The Hall–Kier alpha value is -11.2. The smallest absolute Gasteiger partial charge is 0.160 e. The fraction of sp³-hybridized carbons (Fsp3) is 0.0263. The highest BCUT2D eigenvalue weighted by Crippen LogP contribution is 2.52. The SMILES string of the molecule is Cc1cc2c3ccc4c5ccccc5sc4c3n(-c3c(C#N)c(-n4c5ccccc5c5ccccc54)c(-n4c5ccc(-c6ccccc6)cc5c5ccc6c7ccccc7oc6c54)c(-n4c5ccccc5c5ccccc54)c3C#N)c2cc1C. The maximum Gasteiger partial charge on any atom is 0.160 e. The van der Waals surface area contributed by atoms with Crippen LogP contribution >= 0.6 is 11.3 Å². The van der Waals surface area contributed by atoms with Crippen molar-refractivity contribution in [2.24, 2.45) is 0 Å². The lowest BCUT2D eigenvalue weighted by Crippen LogP contribution is -2.17. The molecule has 18 aromatic rings. The minimum atomic E-state index is 0.348. The zero-order chi connectivity index (χ0) is 55.6. The summed E-state index contributed by atoms with van der Waals surface area (Å²) in [5.74, 6) is 0. The number of benzene rings is 12. The number of rotatable bonds is 5. The highest BCUT2D eigenvalue weighted by molar-refractivity contribution is 7.26. The van der Waals surface area contributed by atoms with Gasteiger partial charge in [0.15, 0.2) is 5.58 Å². The Morgan fingerprint density at radius 1 is 0.333 bits per heavy atom. The van der Waals surface area contributed by atoms with Gasteiger partial charge in [0.1, 0.15) is 28.8 Å². The standard InChI is InChI=1S/C76H44N6OS/c1-43-38-57-54-34-36-56-52-25-11-17-31-68(52)84-76(56)73(54)82(66(57)39-44(43)2)69-59(41-77)70(79-61-26-12-6-20-47(61)48-21-7-13-27-62(48)79)74(71(60(69)42-78)80-63-28-14-8-22-49(63)50-23-9-15-29-64(50)80)81-65-37-32-46(45-18-4-3-5-19-45)40-58(65)53-33-35-55-51-24-10-16-30-67(51)83-75(55)72(53)81/h3-40H,1-2H3. The molecule has 6 heterocycles. The second kappa shape index (κ2) is 17.2. The van der Waals surface area contributed by atoms with Gasteiger partial charge in [0.05, 0.1) is 71.6 Å². The summed E-state index contributed by atoms with van der Waals surface area (Å²) in [5, 5.41) is 38.4. The summed E-state index contributed by atoms with van der Waals surface area (Å²) >= 11 is 1.76. The summed E-state index contributed by atoms with van der Waals surface area (Å²) in [4.78, 5) is 0. The maximum absolute atomic E-state index is 13.0. The molecule has 0 amide bonds. The quantitative estimate of drug-likeness (QED) is 0.172. The monoisotopic (exact) mass is 1090 g/mol. The number of nitrogens with zero attached hydrogens (tertiary/aromatic N) is 6. The highest BCUT2D eigenvalue weighted by atomic mass is 32.1. The lowest BCUT2D eigenvalue weighted by atomic mass is 9.98. The van der Waals surface area contributed by atoms with Crippen molar-refractivity contribution in [3.8, 4) is 46.0 Å². The minimum absolute atomic E-state index is 0.348. The van der Waals surface area contributed by atoms with E-state index in [0.29, 0.717) is 39.5 Å². The number of nitriles is 2. The van der Waals surface area contributed by atoms with Crippen molar-refractivity contribution in [1.82, 2.24) is 18.3 Å². The van der Waals surface area contributed by atoms with Gasteiger partial charge in [-0.15, -0.1) is 11.3 Å². The first-order valence-corrected chi connectivity index (χ1v) is 29.1. The first-order chi connectivity index (χ1) is 41.5. The molecule has 6 aromatic heterocycles. The molecule has 0 unspecified atom stereocenters. The molecule has 0 radical (unpaired) electrons. The first kappa shape index (κ1) is 46.6. The van der Waals surface area contributed by atoms with E-state index in [1.807, 2.05) is 12.1 Å². The van der Waals surface area contributed by atoms with Gasteiger partial charge in [0, 0.05) is 69.3 Å². The first-order valence-electron chi connectivity index (χ1n) is 28.3. The van der Waals surface area contributed by atoms with Gasteiger partial charge < -0.3 is 22.7 Å². The normalized spacial score (nSPS) is 12.1. The number of hydrogen-bond acceptors (Lipinski definition) is 4. The molecule has 7 nitrogen and oxygen atoms in total. The van der Waals surface area contributed by atoms with Crippen LogP contribution in [0.1, 0.15) is 22.3 Å². The summed E-state index contributed by atoms with van der Waals surface area (Å²) in [6.45, 7) is 4.32. The van der Waals surface area contributed by atoms with Crippen LogP contribution in [0.4, 0.5) is 0 Å². The fourth-order valence-corrected chi connectivity index (χ4v) is 15.4. The molecule has 0 saturated heterocycles. The Kier molecular flexibility index (Phi) is 9.53. The Balaban J connectivity index is 1.17. The van der Waals surface area contributed by atoms with E-state index in [2.05, 4.69) is 263 Å². The number of hydrogen-bond donors (Lipinski definition) is 0. The van der Waals surface area contributed by atoms with Gasteiger partial charge in [0.2, 0.25) is 0 Å². The highest BCUT2D eigenvalue weighted by Gasteiger charge is 2.36. The van der Waals surface area contributed by atoms with Gasteiger partial charge >= 0.3 is 0 Å². The van der Waals surface area contributed by atoms with Crippen molar-refractivity contribution >= 4 is 141 Å². The van der Waals surface area contributed by atoms with Crippen molar-refractivity contribution in [3.63, 3.8) is 0 Å². The van der Waals surface area contributed by atoms with Crippen LogP contribution in [0.15, 0.2) is 235 Å². The number of thiophene rings is 1. The number of aromatic nitrogens is 4. The van der Waals surface area contributed by atoms with Crippen LogP contribution in [-0.4, -0.2) is 18.3 Å². The van der Waals surface area contributed by atoms with Crippen LogP contribution in [0.5, 0.6) is 0 Å². The Morgan fingerprint density at radius 3 is 1.43 bits per heavy atom. The Morgan fingerprint density at radius 2 is 0.810 bits per heavy atom. The molecule has 0 bridgehead atoms. The lowest BCUT2D eigenvalue weighted by Gasteiger charge is -2.27. The number of para-hydroxylation sites is 5. The Bertz CT molecular complexity index is 5780. The van der Waals surface area contributed by atoms with Crippen molar-refractivity contribution in [2.45, 2.75) is 13.8 Å². The van der Waals surface area contributed by atoms with E-state index in [0.717, 1.165) is 146 Å². The zero-order valence-electron chi connectivity index (χ0n) is 45.4. The van der Waals surface area contributed by atoms with Gasteiger partial charge in [0.25, 0.3) is 0 Å². The van der Waals surface area contributed by atoms with Crippen LogP contribution in [0.3, 0.4) is 0 Å². The molecular formula is C76H44N6OS. The number of fused-ring (bicyclic) bond motifs is 20. The van der Waals surface area contributed by atoms with Crippen LogP contribution in [0, 0.1) is 36.5 Å². The topological polar surface area (TPSA) is 80.4 Å². The van der Waals surface area contributed by atoms with E-state index >= 15 is 0 Å². The average molecular weight is 1090 g/mol.